The van der Waals surface area contributed by atoms with Gasteiger partial charge >= 0.3 is 0 Å². The second-order valence-corrected chi connectivity index (χ2v) is 3.10. The predicted molar refractivity (Wildman–Crippen MR) is 59.8 cm³/mol. The normalized spacial score (nSPS) is 9.93. The summed E-state index contributed by atoms with van der Waals surface area (Å²) in [4.78, 5) is 17.8. The molecule has 0 atom stereocenters. The molecule has 0 saturated carbocycles. The Balaban J connectivity index is 2.58. The summed E-state index contributed by atoms with van der Waals surface area (Å²) in [5.41, 5.74) is 1.86. The van der Waals surface area contributed by atoms with Gasteiger partial charge in [0.2, 0.25) is 5.56 Å². The van der Waals surface area contributed by atoms with Crippen molar-refractivity contribution >= 4 is 5.82 Å². The minimum atomic E-state index is -0.114. The molecule has 15 heavy (non-hydrogen) atoms. The zero-order valence-corrected chi connectivity index (χ0v) is 8.32. The number of anilines is 1. The number of pyridine rings is 2. The monoisotopic (exact) mass is 201 g/mol. The van der Waals surface area contributed by atoms with Gasteiger partial charge < -0.3 is 10.3 Å². The van der Waals surface area contributed by atoms with Crippen LogP contribution >= 0.6 is 0 Å². The molecule has 2 aromatic rings. The van der Waals surface area contributed by atoms with Crippen molar-refractivity contribution in [1.82, 2.24) is 9.97 Å². The molecule has 0 amide bonds. The first-order valence-corrected chi connectivity index (χ1v) is 4.63. The molecule has 0 aromatic carbocycles. The van der Waals surface area contributed by atoms with E-state index in [-0.39, 0.29) is 5.56 Å². The number of rotatable bonds is 2. The van der Waals surface area contributed by atoms with Gasteiger partial charge in [-0.1, -0.05) is 0 Å². The highest BCUT2D eigenvalue weighted by Gasteiger charge is 2.03. The van der Waals surface area contributed by atoms with E-state index in [0.29, 0.717) is 5.82 Å². The van der Waals surface area contributed by atoms with Crippen LogP contribution in [-0.2, 0) is 0 Å². The first-order chi connectivity index (χ1) is 7.31. The molecule has 4 nitrogen and oxygen atoms in total. The lowest BCUT2D eigenvalue weighted by Crippen LogP contribution is -2.07. The highest BCUT2D eigenvalue weighted by Crippen LogP contribution is 2.23. The maximum Gasteiger partial charge on any atom is 0.249 e. The van der Waals surface area contributed by atoms with Gasteiger partial charge in [-0.25, -0.2) is 0 Å². The van der Waals surface area contributed by atoms with Crippen LogP contribution in [-0.4, -0.2) is 17.0 Å². The fraction of sp³-hybridized carbons (Fsp3) is 0.0909. The molecule has 0 fully saturated rings. The standard InChI is InChI=1S/C11H11N3O/c1-12-11-9(2-3-10(15)14-11)8-4-6-13-7-5-8/h2-7H,1H3,(H2,12,14,15). The van der Waals surface area contributed by atoms with Crippen molar-refractivity contribution in [1.29, 1.82) is 0 Å². The third-order valence-electron chi connectivity index (χ3n) is 2.16. The van der Waals surface area contributed by atoms with Crippen LogP contribution in [0.3, 0.4) is 0 Å². The van der Waals surface area contributed by atoms with Gasteiger partial charge in [-0.15, -0.1) is 0 Å². The van der Waals surface area contributed by atoms with Crippen molar-refractivity contribution in [2.75, 3.05) is 12.4 Å². The molecule has 0 unspecified atom stereocenters. The van der Waals surface area contributed by atoms with Gasteiger partial charge in [0.05, 0.1) is 0 Å². The summed E-state index contributed by atoms with van der Waals surface area (Å²) in [6, 6.07) is 7.10. The molecule has 76 valence electrons. The topological polar surface area (TPSA) is 57.8 Å². The summed E-state index contributed by atoms with van der Waals surface area (Å²) in [5.74, 6) is 0.716. The number of H-pyrrole nitrogens is 1. The van der Waals surface area contributed by atoms with Crippen molar-refractivity contribution in [2.45, 2.75) is 0 Å². The van der Waals surface area contributed by atoms with Crippen molar-refractivity contribution in [3.05, 3.63) is 47.0 Å². The fourth-order valence-electron chi connectivity index (χ4n) is 1.44. The van der Waals surface area contributed by atoms with E-state index >= 15 is 0 Å². The van der Waals surface area contributed by atoms with Gasteiger partial charge in [0, 0.05) is 31.1 Å². The lowest BCUT2D eigenvalue weighted by molar-refractivity contribution is 1.22. The zero-order chi connectivity index (χ0) is 10.7. The van der Waals surface area contributed by atoms with Gasteiger partial charge in [0.1, 0.15) is 5.82 Å². The molecule has 0 radical (unpaired) electrons. The van der Waals surface area contributed by atoms with E-state index < -0.39 is 0 Å². The molecule has 0 aliphatic carbocycles. The molecule has 0 aliphatic rings. The van der Waals surface area contributed by atoms with Crippen LogP contribution in [0.15, 0.2) is 41.5 Å². The van der Waals surface area contributed by atoms with E-state index in [1.165, 1.54) is 6.07 Å². The molecule has 2 heterocycles. The summed E-state index contributed by atoms with van der Waals surface area (Å²) >= 11 is 0. The average molecular weight is 201 g/mol. The molecular weight excluding hydrogens is 190 g/mol. The van der Waals surface area contributed by atoms with Gasteiger partial charge in [-0.05, 0) is 23.8 Å². The van der Waals surface area contributed by atoms with Crippen LogP contribution in [0.2, 0.25) is 0 Å². The van der Waals surface area contributed by atoms with Crippen molar-refractivity contribution in [2.24, 2.45) is 0 Å². The zero-order valence-electron chi connectivity index (χ0n) is 8.32. The van der Waals surface area contributed by atoms with Crippen molar-refractivity contribution in [3.63, 3.8) is 0 Å². The highest BCUT2D eigenvalue weighted by molar-refractivity contribution is 5.74. The molecule has 0 aliphatic heterocycles. The minimum absolute atomic E-state index is 0.114. The second kappa shape index (κ2) is 3.96. The van der Waals surface area contributed by atoms with Crippen LogP contribution in [0.4, 0.5) is 5.82 Å². The van der Waals surface area contributed by atoms with Crippen LogP contribution in [0.1, 0.15) is 0 Å². The first kappa shape index (κ1) is 9.45. The van der Waals surface area contributed by atoms with Gasteiger partial charge in [0.25, 0.3) is 0 Å². The van der Waals surface area contributed by atoms with Crippen LogP contribution in [0.25, 0.3) is 11.1 Å². The molecule has 0 bridgehead atoms. The van der Waals surface area contributed by atoms with E-state index in [1.54, 1.807) is 25.5 Å². The van der Waals surface area contributed by atoms with Crippen LogP contribution < -0.4 is 10.9 Å². The maximum absolute atomic E-state index is 11.1. The smallest absolute Gasteiger partial charge is 0.249 e. The third-order valence-corrected chi connectivity index (χ3v) is 2.16. The van der Waals surface area contributed by atoms with Gasteiger partial charge in [-0.2, -0.15) is 0 Å². The summed E-state index contributed by atoms with van der Waals surface area (Å²) < 4.78 is 0. The third kappa shape index (κ3) is 1.88. The molecule has 0 spiro atoms. The van der Waals surface area contributed by atoms with E-state index in [2.05, 4.69) is 15.3 Å². The Morgan fingerprint density at radius 2 is 1.93 bits per heavy atom. The predicted octanol–water partition coefficient (Wildman–Crippen LogP) is 1.48. The average Bonchev–Trinajstić information content (AvgIpc) is 2.30. The van der Waals surface area contributed by atoms with E-state index in [9.17, 15) is 4.79 Å². The summed E-state index contributed by atoms with van der Waals surface area (Å²) in [7, 11) is 1.77. The summed E-state index contributed by atoms with van der Waals surface area (Å²) in [5, 5.41) is 2.96. The van der Waals surface area contributed by atoms with E-state index in [1.807, 2.05) is 12.1 Å². The molecule has 2 N–H and O–H groups in total. The maximum atomic E-state index is 11.1. The fourth-order valence-corrected chi connectivity index (χ4v) is 1.44. The van der Waals surface area contributed by atoms with Gasteiger partial charge in [0.15, 0.2) is 0 Å². The summed E-state index contributed by atoms with van der Waals surface area (Å²) in [6.45, 7) is 0. The molecule has 2 rings (SSSR count). The van der Waals surface area contributed by atoms with E-state index in [0.717, 1.165) is 11.1 Å². The Morgan fingerprint density at radius 3 is 2.60 bits per heavy atom. The Labute approximate surface area is 87.0 Å². The van der Waals surface area contributed by atoms with E-state index in [4.69, 9.17) is 0 Å². The quantitative estimate of drug-likeness (QED) is 0.773. The summed E-state index contributed by atoms with van der Waals surface area (Å²) in [6.07, 6.45) is 3.44. The highest BCUT2D eigenvalue weighted by atomic mass is 16.1. The Hall–Kier alpha value is -2.10. The SMILES string of the molecule is CNc1[nH]c(=O)ccc1-c1ccncc1. The minimum Gasteiger partial charge on any atom is -0.374 e. The van der Waals surface area contributed by atoms with Crippen molar-refractivity contribution in [3.8, 4) is 11.1 Å². The molecule has 0 saturated heterocycles. The largest absolute Gasteiger partial charge is 0.374 e. The molecule has 2 aromatic heterocycles. The van der Waals surface area contributed by atoms with Crippen molar-refractivity contribution < 1.29 is 0 Å². The lowest BCUT2D eigenvalue weighted by Gasteiger charge is -2.07. The number of aromatic amines is 1. The lowest BCUT2D eigenvalue weighted by atomic mass is 10.1. The Morgan fingerprint density at radius 1 is 1.20 bits per heavy atom. The first-order valence-electron chi connectivity index (χ1n) is 4.63. The number of hydrogen-bond acceptors (Lipinski definition) is 3. The number of hydrogen-bond donors (Lipinski definition) is 2. The van der Waals surface area contributed by atoms with Gasteiger partial charge in [-0.3, -0.25) is 9.78 Å². The van der Waals surface area contributed by atoms with Crippen LogP contribution in [0.5, 0.6) is 0 Å². The second-order valence-electron chi connectivity index (χ2n) is 3.10. The number of nitrogens with zero attached hydrogens (tertiary/aromatic N) is 1. The van der Waals surface area contributed by atoms with Crippen LogP contribution in [0, 0.1) is 0 Å². The number of aromatic nitrogens is 2. The molecule has 4 heteroatoms. The Kier molecular flexibility index (Phi) is 2.49. The number of nitrogens with one attached hydrogen (secondary N) is 2. The molecular formula is C11H11N3O. The Bertz CT molecular complexity index is 505.